The van der Waals surface area contributed by atoms with Crippen molar-refractivity contribution in [2.45, 2.75) is 0 Å². The van der Waals surface area contributed by atoms with Crippen LogP contribution in [0.5, 0.6) is 23.0 Å². The van der Waals surface area contributed by atoms with Gasteiger partial charge in [0.05, 0.1) is 19.6 Å². The number of aromatic hydroxyl groups is 2. The summed E-state index contributed by atoms with van der Waals surface area (Å²) in [5.74, 6) is 0.419. The molecule has 2 aromatic carbocycles. The summed E-state index contributed by atoms with van der Waals surface area (Å²) in [6.07, 6.45) is 0. The third-order valence-corrected chi connectivity index (χ3v) is 3.08. The maximum Gasteiger partial charge on any atom is 0.208 e. The number of fused-ring (bicyclic) bond motifs is 3. The summed E-state index contributed by atoms with van der Waals surface area (Å²) >= 11 is 0. The van der Waals surface area contributed by atoms with Crippen molar-refractivity contribution in [1.29, 1.82) is 0 Å². The normalized spacial score (nSPS) is 11.1. The highest BCUT2D eigenvalue weighted by molar-refractivity contribution is 6.11. The van der Waals surface area contributed by atoms with Crippen LogP contribution in [0.2, 0.25) is 0 Å². The average Bonchev–Trinajstić information content (AvgIpc) is 2.77. The van der Waals surface area contributed by atoms with E-state index in [9.17, 15) is 10.2 Å². The number of benzene rings is 2. The number of methoxy groups -OCH3 is 2. The molecule has 0 bridgehead atoms. The van der Waals surface area contributed by atoms with E-state index in [0.29, 0.717) is 21.9 Å². The van der Waals surface area contributed by atoms with E-state index in [2.05, 4.69) is 0 Å². The van der Waals surface area contributed by atoms with Crippen LogP contribution >= 0.6 is 0 Å². The largest absolute Gasteiger partial charge is 0.507 e. The van der Waals surface area contributed by atoms with E-state index in [1.165, 1.54) is 14.2 Å². The molecule has 0 amide bonds. The van der Waals surface area contributed by atoms with Crippen molar-refractivity contribution >= 4 is 21.9 Å². The number of hydrogen-bond acceptors (Lipinski definition) is 5. The molecule has 0 aliphatic heterocycles. The van der Waals surface area contributed by atoms with Crippen LogP contribution in [0.25, 0.3) is 21.9 Å². The van der Waals surface area contributed by atoms with Crippen molar-refractivity contribution in [1.82, 2.24) is 0 Å². The third kappa shape index (κ3) is 1.48. The SMILES string of the molecule is COc1cc2c(oc3cccc(O)c32)c(OC)c1O. The summed E-state index contributed by atoms with van der Waals surface area (Å²) in [7, 11) is 2.88. The van der Waals surface area contributed by atoms with Gasteiger partial charge in [0.1, 0.15) is 11.3 Å². The standard InChI is InChI=1S/C14H12O5/c1-17-10-6-7-11-8(15)4-3-5-9(11)19-13(7)14(18-2)12(10)16/h3-6,15-16H,1-2H3. The molecule has 0 fully saturated rings. The number of phenolic OH excluding ortho intramolecular Hbond substituents is 2. The molecule has 2 N–H and O–H groups in total. The predicted octanol–water partition coefficient (Wildman–Crippen LogP) is 3.01. The Balaban J connectivity index is 2.55. The van der Waals surface area contributed by atoms with Gasteiger partial charge in [-0.3, -0.25) is 0 Å². The molecular formula is C14H12O5. The van der Waals surface area contributed by atoms with E-state index in [1.807, 2.05) is 0 Å². The van der Waals surface area contributed by atoms with Crippen molar-refractivity contribution in [2.24, 2.45) is 0 Å². The van der Waals surface area contributed by atoms with Gasteiger partial charge < -0.3 is 24.1 Å². The quantitative estimate of drug-likeness (QED) is 0.741. The summed E-state index contributed by atoms with van der Waals surface area (Å²) in [6, 6.07) is 6.60. The first-order valence-electron chi connectivity index (χ1n) is 5.65. The zero-order chi connectivity index (χ0) is 13.6. The Morgan fingerprint density at radius 1 is 1.11 bits per heavy atom. The number of hydrogen-bond donors (Lipinski definition) is 2. The Kier molecular flexibility index (Phi) is 2.41. The van der Waals surface area contributed by atoms with Crippen LogP contribution in [0.15, 0.2) is 28.7 Å². The molecule has 0 saturated heterocycles. The van der Waals surface area contributed by atoms with Crippen LogP contribution in [0.3, 0.4) is 0 Å². The van der Waals surface area contributed by atoms with Gasteiger partial charge in [-0.05, 0) is 18.2 Å². The molecule has 0 radical (unpaired) electrons. The lowest BCUT2D eigenvalue weighted by Crippen LogP contribution is -1.89. The first-order valence-corrected chi connectivity index (χ1v) is 5.65. The predicted molar refractivity (Wildman–Crippen MR) is 70.2 cm³/mol. The molecule has 0 atom stereocenters. The molecule has 1 heterocycles. The Labute approximate surface area is 108 Å². The van der Waals surface area contributed by atoms with Crippen LogP contribution in [0.4, 0.5) is 0 Å². The molecule has 5 nitrogen and oxygen atoms in total. The molecule has 0 spiro atoms. The fourth-order valence-corrected chi connectivity index (χ4v) is 2.22. The molecule has 19 heavy (non-hydrogen) atoms. The summed E-state index contributed by atoms with van der Waals surface area (Å²) in [6.45, 7) is 0. The van der Waals surface area contributed by atoms with Crippen molar-refractivity contribution in [3.05, 3.63) is 24.3 Å². The number of ether oxygens (including phenoxy) is 2. The molecule has 3 rings (SSSR count). The monoisotopic (exact) mass is 260 g/mol. The second-order valence-corrected chi connectivity index (χ2v) is 4.09. The van der Waals surface area contributed by atoms with Crippen LogP contribution < -0.4 is 9.47 Å². The lowest BCUT2D eigenvalue weighted by Gasteiger charge is -2.08. The maximum absolute atomic E-state index is 10.0. The highest BCUT2D eigenvalue weighted by atomic mass is 16.5. The molecule has 0 saturated carbocycles. The molecule has 5 heteroatoms. The van der Waals surface area contributed by atoms with Gasteiger partial charge in [-0.1, -0.05) is 6.07 Å². The number of phenols is 2. The zero-order valence-corrected chi connectivity index (χ0v) is 10.4. The number of furan rings is 1. The Hall–Kier alpha value is -2.56. The van der Waals surface area contributed by atoms with Gasteiger partial charge in [-0.15, -0.1) is 0 Å². The molecule has 0 aliphatic rings. The topological polar surface area (TPSA) is 72.1 Å². The van der Waals surface area contributed by atoms with Gasteiger partial charge in [0.25, 0.3) is 0 Å². The van der Waals surface area contributed by atoms with E-state index in [4.69, 9.17) is 13.9 Å². The minimum atomic E-state index is -0.129. The Morgan fingerprint density at radius 3 is 2.58 bits per heavy atom. The zero-order valence-electron chi connectivity index (χ0n) is 10.4. The lowest BCUT2D eigenvalue weighted by molar-refractivity contribution is 0.340. The van der Waals surface area contributed by atoms with Gasteiger partial charge in [-0.2, -0.15) is 0 Å². The fourth-order valence-electron chi connectivity index (χ4n) is 2.22. The summed E-state index contributed by atoms with van der Waals surface area (Å²) in [4.78, 5) is 0. The maximum atomic E-state index is 10.0. The molecule has 98 valence electrons. The van der Waals surface area contributed by atoms with Crippen LogP contribution in [0.1, 0.15) is 0 Å². The van der Waals surface area contributed by atoms with Crippen LogP contribution in [0, 0.1) is 0 Å². The van der Waals surface area contributed by atoms with E-state index in [0.717, 1.165) is 0 Å². The highest BCUT2D eigenvalue weighted by Crippen LogP contribution is 2.47. The van der Waals surface area contributed by atoms with E-state index in [1.54, 1.807) is 24.3 Å². The molecule has 3 aromatic rings. The molecule has 0 aliphatic carbocycles. The van der Waals surface area contributed by atoms with Crippen molar-refractivity contribution in [3.63, 3.8) is 0 Å². The highest BCUT2D eigenvalue weighted by Gasteiger charge is 2.21. The van der Waals surface area contributed by atoms with E-state index < -0.39 is 0 Å². The van der Waals surface area contributed by atoms with E-state index in [-0.39, 0.29) is 23.0 Å². The smallest absolute Gasteiger partial charge is 0.208 e. The first-order chi connectivity index (χ1) is 9.17. The Bertz CT molecular complexity index is 772. The van der Waals surface area contributed by atoms with Gasteiger partial charge in [0.15, 0.2) is 11.3 Å². The Morgan fingerprint density at radius 2 is 1.89 bits per heavy atom. The third-order valence-electron chi connectivity index (χ3n) is 3.08. The minimum absolute atomic E-state index is 0.103. The van der Waals surface area contributed by atoms with E-state index >= 15 is 0 Å². The second kappa shape index (κ2) is 3.98. The average molecular weight is 260 g/mol. The second-order valence-electron chi connectivity index (χ2n) is 4.09. The summed E-state index contributed by atoms with van der Waals surface area (Å²) < 4.78 is 15.9. The van der Waals surface area contributed by atoms with Gasteiger partial charge in [0.2, 0.25) is 11.5 Å². The lowest BCUT2D eigenvalue weighted by atomic mass is 10.1. The number of rotatable bonds is 2. The first kappa shape index (κ1) is 11.5. The molecule has 1 aromatic heterocycles. The summed E-state index contributed by atoms with van der Waals surface area (Å²) in [5.41, 5.74) is 0.887. The van der Waals surface area contributed by atoms with Crippen molar-refractivity contribution < 1.29 is 24.1 Å². The minimum Gasteiger partial charge on any atom is -0.507 e. The van der Waals surface area contributed by atoms with Gasteiger partial charge in [-0.25, -0.2) is 0 Å². The van der Waals surface area contributed by atoms with Crippen molar-refractivity contribution in [3.8, 4) is 23.0 Å². The summed E-state index contributed by atoms with van der Waals surface area (Å²) in [5, 5.41) is 21.1. The fraction of sp³-hybridized carbons (Fsp3) is 0.143. The van der Waals surface area contributed by atoms with Gasteiger partial charge in [0, 0.05) is 5.39 Å². The van der Waals surface area contributed by atoms with Crippen LogP contribution in [-0.4, -0.2) is 24.4 Å². The molecule has 0 unspecified atom stereocenters. The van der Waals surface area contributed by atoms with Crippen molar-refractivity contribution in [2.75, 3.05) is 14.2 Å². The van der Waals surface area contributed by atoms with Crippen LogP contribution in [-0.2, 0) is 0 Å². The molecular weight excluding hydrogens is 248 g/mol. The van der Waals surface area contributed by atoms with Gasteiger partial charge >= 0.3 is 0 Å².